The molecule has 3 aromatic rings. The first kappa shape index (κ1) is 33.5. The quantitative estimate of drug-likeness (QED) is 0.170. The Balaban J connectivity index is 0.830. The van der Waals surface area contributed by atoms with E-state index in [0.29, 0.717) is 42.3 Å². The van der Waals surface area contributed by atoms with Crippen molar-refractivity contribution in [3.8, 4) is 23.3 Å². The topological polar surface area (TPSA) is 120 Å². The summed E-state index contributed by atoms with van der Waals surface area (Å²) in [6.45, 7) is 2.90. The van der Waals surface area contributed by atoms with Crippen LogP contribution in [0.1, 0.15) is 81.2 Å². The highest BCUT2D eigenvalue weighted by atomic mass is 32.2. The van der Waals surface area contributed by atoms with Crippen molar-refractivity contribution in [1.29, 1.82) is 0 Å². The lowest BCUT2D eigenvalue weighted by atomic mass is 9.51. The van der Waals surface area contributed by atoms with E-state index in [2.05, 4.69) is 37.7 Å². The number of benzene rings is 1. The molecule has 5 aliphatic rings. The molecule has 10 nitrogen and oxygen atoms in total. The molecular formula is C38H46N6O4S. The third kappa shape index (κ3) is 8.41. The lowest BCUT2D eigenvalue weighted by Gasteiger charge is -2.54. The van der Waals surface area contributed by atoms with Crippen molar-refractivity contribution in [2.75, 3.05) is 19.7 Å². The summed E-state index contributed by atoms with van der Waals surface area (Å²) in [5, 5.41) is 16.1. The number of rotatable bonds is 12. The standard InChI is InChI=1S/C38H46N6O4S/c1-25-16-32(48-24-35-42-43-37(49-33-8-2-3-9-33)44(35)31-7-4-12-39-23-31)11-10-28(25)6-5-15-47-38(46)41-14-13-40-36(45)22-34-29-18-26-17-27(20-29)21-30(34)19-26/h4,7,10-12,16,23,26-27,29-30,33-34H,2-3,8-9,13-15,17-22,24H2,1H3,(H,40,45)(H,41,46). The molecule has 0 aliphatic heterocycles. The van der Waals surface area contributed by atoms with Crippen LogP contribution in [0.5, 0.6) is 5.75 Å². The highest BCUT2D eigenvalue weighted by Crippen LogP contribution is 2.57. The Morgan fingerprint density at radius 3 is 2.51 bits per heavy atom. The SMILES string of the molecule is Cc1cc(OCc2nnc(SC3CCCC3)n2-c2cccnc2)ccc1C#CCOC(=O)NCCNC(=O)CC1C2CC3CC(C2)CC1C3. The normalized spacial score (nSPS) is 23.9. The molecule has 0 atom stereocenters. The van der Waals surface area contributed by atoms with E-state index < -0.39 is 6.09 Å². The van der Waals surface area contributed by atoms with Crippen LogP contribution < -0.4 is 15.4 Å². The predicted molar refractivity (Wildman–Crippen MR) is 187 cm³/mol. The van der Waals surface area contributed by atoms with Gasteiger partial charge in [-0.25, -0.2) is 4.79 Å². The van der Waals surface area contributed by atoms with Gasteiger partial charge in [-0.3, -0.25) is 14.3 Å². The second kappa shape index (κ2) is 15.7. The minimum atomic E-state index is -0.547. The maximum absolute atomic E-state index is 12.6. The number of nitrogens with zero attached hydrogens (tertiary/aromatic N) is 4. The Bertz CT molecular complexity index is 1650. The highest BCUT2D eigenvalue weighted by Gasteiger charge is 2.48. The summed E-state index contributed by atoms with van der Waals surface area (Å²) in [7, 11) is 0. The number of thioether (sulfide) groups is 1. The van der Waals surface area contributed by atoms with Crippen LogP contribution in [-0.2, 0) is 16.1 Å². The zero-order valence-corrected chi connectivity index (χ0v) is 29.1. The van der Waals surface area contributed by atoms with E-state index in [4.69, 9.17) is 9.47 Å². The molecule has 5 saturated carbocycles. The van der Waals surface area contributed by atoms with Gasteiger partial charge in [0.1, 0.15) is 12.4 Å². The van der Waals surface area contributed by atoms with Crippen LogP contribution >= 0.6 is 11.8 Å². The Hall–Kier alpha value is -4.04. The second-order valence-electron chi connectivity index (χ2n) is 14.2. The van der Waals surface area contributed by atoms with Crippen molar-refractivity contribution in [2.24, 2.45) is 29.6 Å². The molecule has 2 heterocycles. The fourth-order valence-corrected chi connectivity index (χ4v) is 9.96. The summed E-state index contributed by atoms with van der Waals surface area (Å²) in [5.74, 6) is 11.3. The van der Waals surface area contributed by atoms with Gasteiger partial charge in [-0.1, -0.05) is 36.4 Å². The molecule has 5 fully saturated rings. The number of aryl methyl sites for hydroxylation is 1. The van der Waals surface area contributed by atoms with Gasteiger partial charge in [-0.05, 0) is 117 Å². The number of carbonyl (C=O) groups excluding carboxylic acids is 2. The van der Waals surface area contributed by atoms with Crippen molar-refractivity contribution < 1.29 is 19.1 Å². The largest absolute Gasteiger partial charge is 0.486 e. The van der Waals surface area contributed by atoms with Gasteiger partial charge in [0.15, 0.2) is 17.6 Å². The van der Waals surface area contributed by atoms with Gasteiger partial charge in [0.05, 0.1) is 11.9 Å². The molecule has 8 rings (SSSR count). The summed E-state index contributed by atoms with van der Waals surface area (Å²) in [6, 6.07) is 9.63. The lowest BCUT2D eigenvalue weighted by molar-refractivity contribution is -0.126. The molecule has 2 N–H and O–H groups in total. The van der Waals surface area contributed by atoms with E-state index >= 15 is 0 Å². The van der Waals surface area contributed by atoms with E-state index in [0.717, 1.165) is 45.6 Å². The molecule has 4 bridgehead atoms. The van der Waals surface area contributed by atoms with Crippen LogP contribution in [0.3, 0.4) is 0 Å². The molecule has 49 heavy (non-hydrogen) atoms. The van der Waals surface area contributed by atoms with Gasteiger partial charge in [0.2, 0.25) is 5.91 Å². The summed E-state index contributed by atoms with van der Waals surface area (Å²) >= 11 is 1.79. The number of carbonyl (C=O) groups is 2. The molecule has 1 aromatic carbocycles. The van der Waals surface area contributed by atoms with E-state index in [1.54, 1.807) is 18.0 Å². The number of alkyl carbamates (subject to hydrolysis) is 1. The van der Waals surface area contributed by atoms with Gasteiger partial charge in [0.25, 0.3) is 0 Å². The van der Waals surface area contributed by atoms with Crippen LogP contribution in [0.4, 0.5) is 4.79 Å². The average Bonchev–Trinajstić information content (AvgIpc) is 3.77. The van der Waals surface area contributed by atoms with E-state index in [-0.39, 0.29) is 19.1 Å². The number of ether oxygens (including phenoxy) is 2. The van der Waals surface area contributed by atoms with Gasteiger partial charge in [-0.2, -0.15) is 0 Å². The van der Waals surface area contributed by atoms with Gasteiger partial charge in [-0.15, -0.1) is 10.2 Å². The Morgan fingerprint density at radius 2 is 1.78 bits per heavy atom. The monoisotopic (exact) mass is 682 g/mol. The maximum atomic E-state index is 12.6. The zero-order chi connectivity index (χ0) is 33.6. The minimum absolute atomic E-state index is 0.0342. The molecule has 0 saturated heterocycles. The van der Waals surface area contributed by atoms with E-state index in [1.165, 1.54) is 57.8 Å². The first-order valence-electron chi connectivity index (χ1n) is 17.9. The molecule has 2 amide bonds. The molecule has 0 spiro atoms. The number of aromatic nitrogens is 4. The van der Waals surface area contributed by atoms with Crippen LogP contribution in [0.25, 0.3) is 5.69 Å². The molecular weight excluding hydrogens is 637 g/mol. The number of nitrogens with one attached hydrogen (secondary N) is 2. The first-order chi connectivity index (χ1) is 24.0. The summed E-state index contributed by atoms with van der Waals surface area (Å²) in [4.78, 5) is 29.0. The molecule has 2 aromatic heterocycles. The van der Waals surface area contributed by atoms with Crippen molar-refractivity contribution >= 4 is 23.8 Å². The maximum Gasteiger partial charge on any atom is 0.408 e. The summed E-state index contributed by atoms with van der Waals surface area (Å²) in [6.07, 6.45) is 15.3. The van der Waals surface area contributed by atoms with Crippen molar-refractivity contribution in [3.05, 3.63) is 59.7 Å². The lowest BCUT2D eigenvalue weighted by Crippen LogP contribution is -2.46. The van der Waals surface area contributed by atoms with Crippen molar-refractivity contribution in [2.45, 2.75) is 88.1 Å². The minimum Gasteiger partial charge on any atom is -0.486 e. The molecule has 258 valence electrons. The predicted octanol–water partition coefficient (Wildman–Crippen LogP) is 6.24. The second-order valence-corrected chi connectivity index (χ2v) is 15.5. The fraction of sp³-hybridized carbons (Fsp3) is 0.553. The first-order valence-corrected chi connectivity index (χ1v) is 18.8. The third-order valence-corrected chi connectivity index (χ3v) is 12.1. The summed E-state index contributed by atoms with van der Waals surface area (Å²) in [5.41, 5.74) is 2.69. The third-order valence-electron chi connectivity index (χ3n) is 10.8. The van der Waals surface area contributed by atoms with E-state index in [9.17, 15) is 9.59 Å². The number of hydrogen-bond acceptors (Lipinski definition) is 8. The zero-order valence-electron chi connectivity index (χ0n) is 28.2. The van der Waals surface area contributed by atoms with Crippen LogP contribution in [0, 0.1) is 48.4 Å². The van der Waals surface area contributed by atoms with Crippen LogP contribution in [0.2, 0.25) is 0 Å². The van der Waals surface area contributed by atoms with Crippen molar-refractivity contribution in [1.82, 2.24) is 30.4 Å². The highest BCUT2D eigenvalue weighted by molar-refractivity contribution is 7.99. The smallest absolute Gasteiger partial charge is 0.408 e. The fourth-order valence-electron chi connectivity index (χ4n) is 8.69. The van der Waals surface area contributed by atoms with Crippen LogP contribution in [-0.4, -0.2) is 56.7 Å². The molecule has 0 unspecified atom stereocenters. The number of hydrogen-bond donors (Lipinski definition) is 2. The van der Waals surface area contributed by atoms with Gasteiger partial charge < -0.3 is 20.1 Å². The molecule has 11 heteroatoms. The molecule has 5 aliphatic carbocycles. The van der Waals surface area contributed by atoms with E-state index in [1.807, 2.05) is 48.0 Å². The van der Waals surface area contributed by atoms with Crippen molar-refractivity contribution in [3.63, 3.8) is 0 Å². The van der Waals surface area contributed by atoms with Crippen LogP contribution in [0.15, 0.2) is 47.9 Å². The Kier molecular flexibility index (Phi) is 10.7. The average molecular weight is 683 g/mol. The van der Waals surface area contributed by atoms with Gasteiger partial charge in [0, 0.05) is 36.5 Å². The number of pyridine rings is 1. The molecule has 0 radical (unpaired) electrons. The summed E-state index contributed by atoms with van der Waals surface area (Å²) < 4.78 is 13.4. The number of amides is 2. The Labute approximate surface area is 292 Å². The van der Waals surface area contributed by atoms with Gasteiger partial charge >= 0.3 is 6.09 Å². The Morgan fingerprint density at radius 1 is 1.00 bits per heavy atom.